The van der Waals surface area contributed by atoms with Crippen molar-refractivity contribution in [2.75, 3.05) is 39.6 Å². The summed E-state index contributed by atoms with van der Waals surface area (Å²) in [4.78, 5) is 45.7. The van der Waals surface area contributed by atoms with E-state index in [1.165, 1.54) is 13.8 Å². The first-order valence-electron chi connectivity index (χ1n) is 11.2. The highest BCUT2D eigenvalue weighted by Gasteiger charge is 2.38. The van der Waals surface area contributed by atoms with E-state index in [0.717, 1.165) is 0 Å². The van der Waals surface area contributed by atoms with Crippen molar-refractivity contribution in [3.63, 3.8) is 0 Å². The van der Waals surface area contributed by atoms with Gasteiger partial charge in [-0.3, -0.25) is 9.59 Å². The summed E-state index contributed by atoms with van der Waals surface area (Å²) in [5.74, 6) is -4.74. The van der Waals surface area contributed by atoms with Crippen molar-refractivity contribution in [3.05, 3.63) is 0 Å². The molecule has 0 spiro atoms. The van der Waals surface area contributed by atoms with Crippen LogP contribution >= 0.6 is 0 Å². The Balaban J connectivity index is 0.000000352. The monoisotopic (exact) mass is 492 g/mol. The molecule has 0 aliphatic carbocycles. The predicted molar refractivity (Wildman–Crippen MR) is 114 cm³/mol. The van der Waals surface area contributed by atoms with Gasteiger partial charge in [0.2, 0.25) is 0 Å². The van der Waals surface area contributed by atoms with E-state index in [4.69, 9.17) is 33.2 Å². The molecule has 0 amide bonds. The Bertz CT molecular complexity index is 623. The van der Waals surface area contributed by atoms with E-state index in [2.05, 4.69) is 4.74 Å². The van der Waals surface area contributed by atoms with Gasteiger partial charge in [0.25, 0.3) is 0 Å². The van der Waals surface area contributed by atoms with Crippen LogP contribution in [0, 0.1) is 0 Å². The third-order valence-corrected chi connectivity index (χ3v) is 4.65. The van der Waals surface area contributed by atoms with Gasteiger partial charge in [0.05, 0.1) is 39.3 Å². The lowest BCUT2D eigenvalue weighted by molar-refractivity contribution is -0.187. The maximum absolute atomic E-state index is 11.6. The Morgan fingerprint density at radius 1 is 0.676 bits per heavy atom. The maximum atomic E-state index is 11.6. The summed E-state index contributed by atoms with van der Waals surface area (Å²) in [6.45, 7) is 12.4. The van der Waals surface area contributed by atoms with Gasteiger partial charge in [0.1, 0.15) is 0 Å². The zero-order valence-corrected chi connectivity index (χ0v) is 20.7. The summed E-state index contributed by atoms with van der Waals surface area (Å²) in [5, 5.41) is 0. The van der Waals surface area contributed by atoms with E-state index < -0.39 is 47.7 Å². The van der Waals surface area contributed by atoms with Crippen molar-refractivity contribution in [1.29, 1.82) is 0 Å². The minimum absolute atomic E-state index is 0.128. The van der Waals surface area contributed by atoms with Crippen molar-refractivity contribution >= 4 is 23.9 Å². The first-order valence-corrected chi connectivity index (χ1v) is 11.2. The highest BCUT2D eigenvalue weighted by molar-refractivity contribution is 5.89. The Morgan fingerprint density at radius 2 is 1.00 bits per heavy atom. The Morgan fingerprint density at radius 3 is 1.29 bits per heavy atom. The Labute approximate surface area is 199 Å². The number of esters is 4. The first kappa shape index (κ1) is 30.1. The number of carbonyl (C=O) groups is 4. The highest BCUT2D eigenvalue weighted by Crippen LogP contribution is 2.25. The van der Waals surface area contributed by atoms with Gasteiger partial charge < -0.3 is 37.9 Å². The van der Waals surface area contributed by atoms with Gasteiger partial charge in [-0.15, -0.1) is 0 Å². The zero-order chi connectivity index (χ0) is 25.8. The van der Waals surface area contributed by atoms with E-state index in [9.17, 15) is 19.2 Å². The molecule has 34 heavy (non-hydrogen) atoms. The van der Waals surface area contributed by atoms with Crippen LogP contribution in [0.4, 0.5) is 0 Å². The summed E-state index contributed by atoms with van der Waals surface area (Å²) >= 11 is 0. The molecule has 2 heterocycles. The van der Waals surface area contributed by atoms with Crippen LogP contribution in [0.15, 0.2) is 0 Å². The summed E-state index contributed by atoms with van der Waals surface area (Å²) in [6.07, 6.45) is -1.71. The summed E-state index contributed by atoms with van der Waals surface area (Å²) in [6, 6.07) is 0. The smallest absolute Gasteiger partial charge is 0.342 e. The number of ether oxygens (including phenoxy) is 8. The molecular formula is C22H36O12. The van der Waals surface area contributed by atoms with E-state index in [1.807, 2.05) is 0 Å². The van der Waals surface area contributed by atoms with Gasteiger partial charge in [0, 0.05) is 13.2 Å². The van der Waals surface area contributed by atoms with Crippen molar-refractivity contribution < 1.29 is 57.1 Å². The average Bonchev–Trinajstić information content (AvgIpc) is 3.36. The van der Waals surface area contributed by atoms with Crippen LogP contribution in [0.3, 0.4) is 0 Å². The number of hydrogen-bond acceptors (Lipinski definition) is 12. The van der Waals surface area contributed by atoms with Crippen LogP contribution in [-0.2, 0) is 57.1 Å². The number of rotatable bonds is 10. The van der Waals surface area contributed by atoms with Crippen LogP contribution in [-0.4, -0.2) is 87.3 Å². The fourth-order valence-electron chi connectivity index (χ4n) is 2.94. The third-order valence-electron chi connectivity index (χ3n) is 4.65. The van der Waals surface area contributed by atoms with Gasteiger partial charge >= 0.3 is 23.9 Å². The van der Waals surface area contributed by atoms with E-state index >= 15 is 0 Å². The van der Waals surface area contributed by atoms with E-state index in [0.29, 0.717) is 39.6 Å². The topological polar surface area (TPSA) is 142 Å². The van der Waals surface area contributed by atoms with Gasteiger partial charge in [-0.25, -0.2) is 9.59 Å². The molecule has 2 fully saturated rings. The predicted octanol–water partition coefficient (Wildman–Crippen LogP) is 1.27. The van der Waals surface area contributed by atoms with Crippen LogP contribution in [0.2, 0.25) is 0 Å². The maximum Gasteiger partial charge on any atom is 0.342 e. The highest BCUT2D eigenvalue weighted by atomic mass is 16.7. The zero-order valence-electron chi connectivity index (χ0n) is 20.7. The molecular weight excluding hydrogens is 456 g/mol. The summed E-state index contributed by atoms with van der Waals surface area (Å²) in [7, 11) is 0. The molecule has 2 atom stereocenters. The van der Waals surface area contributed by atoms with Gasteiger partial charge in [-0.1, -0.05) is 0 Å². The molecule has 0 aromatic carbocycles. The van der Waals surface area contributed by atoms with Crippen LogP contribution in [0.1, 0.15) is 54.4 Å². The third kappa shape index (κ3) is 11.0. The van der Waals surface area contributed by atoms with Crippen LogP contribution in [0.25, 0.3) is 0 Å². The first-order chi connectivity index (χ1) is 15.9. The number of hydrogen-bond donors (Lipinski definition) is 0. The van der Waals surface area contributed by atoms with Crippen LogP contribution in [0.5, 0.6) is 0 Å². The molecule has 2 saturated heterocycles. The fourth-order valence-corrected chi connectivity index (χ4v) is 2.94. The molecule has 2 unspecified atom stereocenters. The summed E-state index contributed by atoms with van der Waals surface area (Å²) < 4.78 is 40.3. The normalized spacial score (nSPS) is 19.9. The minimum atomic E-state index is -0.998. The summed E-state index contributed by atoms with van der Waals surface area (Å²) in [5.41, 5.74) is 0. The minimum Gasteiger partial charge on any atom is -0.393 e. The molecule has 0 N–H and O–H groups in total. The van der Waals surface area contributed by atoms with Crippen molar-refractivity contribution in [2.45, 2.75) is 78.2 Å². The average molecular weight is 493 g/mol. The fraction of sp³-hybridized carbons (Fsp3) is 0.818. The Kier molecular flexibility index (Phi) is 12.8. The lowest BCUT2D eigenvalue weighted by Gasteiger charge is -2.22. The van der Waals surface area contributed by atoms with Gasteiger partial charge in [0.15, 0.2) is 23.8 Å². The lowest BCUT2D eigenvalue weighted by Crippen LogP contribution is -2.33. The number of carbonyl (C=O) groups excluding carboxylic acids is 4. The molecule has 2 rings (SSSR count). The SMILES string of the molecule is CC1(CC(=O)OC(=O)CC2(C)OCCO2)OCCO1.CCOC(C)C(=O)OC(=O)C(C)OCC. The van der Waals surface area contributed by atoms with Gasteiger partial charge in [-0.2, -0.15) is 0 Å². The molecule has 12 nitrogen and oxygen atoms in total. The molecule has 0 radical (unpaired) electrons. The second-order valence-electron chi connectivity index (χ2n) is 7.80. The molecule has 2 aliphatic rings. The Hall–Kier alpha value is -1.96. The standard InChI is InChI=1S/C12H18O7.C10H18O5/c1-11(15-3-4-16-11)7-9(13)19-10(14)8-12(2)17-5-6-18-12;1-5-13-7(3)9(11)15-10(12)8(4)14-6-2/h3-8H2,1-2H3;7-8H,5-6H2,1-4H3. The molecule has 0 saturated carbocycles. The largest absolute Gasteiger partial charge is 0.393 e. The van der Waals surface area contributed by atoms with Crippen molar-refractivity contribution in [3.8, 4) is 0 Å². The molecule has 2 aliphatic heterocycles. The second kappa shape index (κ2) is 14.4. The molecule has 12 heteroatoms. The second-order valence-corrected chi connectivity index (χ2v) is 7.80. The van der Waals surface area contributed by atoms with Gasteiger partial charge in [-0.05, 0) is 41.5 Å². The molecule has 196 valence electrons. The van der Waals surface area contributed by atoms with Crippen LogP contribution < -0.4 is 0 Å². The lowest BCUT2D eigenvalue weighted by atomic mass is 10.2. The van der Waals surface area contributed by atoms with Crippen molar-refractivity contribution in [1.82, 2.24) is 0 Å². The van der Waals surface area contributed by atoms with Crippen molar-refractivity contribution in [2.24, 2.45) is 0 Å². The van der Waals surface area contributed by atoms with E-state index in [1.54, 1.807) is 27.7 Å². The molecule has 0 bridgehead atoms. The molecule has 0 aromatic rings. The quantitative estimate of drug-likeness (QED) is 0.320. The molecule has 0 aromatic heterocycles. The van der Waals surface area contributed by atoms with E-state index in [-0.39, 0.29) is 12.8 Å².